The van der Waals surface area contributed by atoms with Crippen LogP contribution < -0.4 is 9.13 Å². The van der Waals surface area contributed by atoms with E-state index in [2.05, 4.69) is 106 Å². The molecule has 0 saturated carbocycles. The highest BCUT2D eigenvalue weighted by atomic mass is 16.5. The fourth-order valence-electron chi connectivity index (χ4n) is 6.89. The average Bonchev–Trinajstić information content (AvgIpc) is 3.09. The molecule has 0 saturated heterocycles. The molecule has 0 aliphatic carbocycles. The molecule has 0 N–H and O–H groups in total. The number of carbonyl (C=O) groups is 2. The number of ether oxygens (including phenoxy) is 2. The second-order valence-electron chi connectivity index (χ2n) is 12.5. The number of benzene rings is 1. The van der Waals surface area contributed by atoms with Crippen molar-refractivity contribution >= 4 is 11.9 Å². The Hall–Kier alpha value is -5.24. The lowest BCUT2D eigenvalue weighted by molar-refractivity contribution is -0.689. The Bertz CT molecular complexity index is 1880. The molecule has 0 radical (unpaired) electrons. The van der Waals surface area contributed by atoms with Gasteiger partial charge in [-0.15, -0.1) is 0 Å². The van der Waals surface area contributed by atoms with Crippen molar-refractivity contribution in [1.29, 1.82) is 0 Å². The molecule has 8 heteroatoms. The number of rotatable bonds is 12. The van der Waals surface area contributed by atoms with Crippen molar-refractivity contribution < 1.29 is 28.2 Å². The van der Waals surface area contributed by atoms with Crippen molar-refractivity contribution in [2.24, 2.45) is 0 Å². The van der Waals surface area contributed by atoms with Crippen LogP contribution in [0.25, 0.3) is 22.3 Å². The largest absolute Gasteiger partial charge is 0.462 e. The molecular weight excluding hydrogens is 624 g/mol. The van der Waals surface area contributed by atoms with Crippen LogP contribution in [0.5, 0.6) is 0 Å². The molecular formula is C42H48N4O4+2. The zero-order valence-electron chi connectivity index (χ0n) is 30.6. The normalized spacial score (nSPS) is 11.0. The van der Waals surface area contributed by atoms with Crippen molar-refractivity contribution in [3.05, 3.63) is 129 Å². The average molecular weight is 673 g/mol. The summed E-state index contributed by atoms with van der Waals surface area (Å²) in [5, 5.41) is 0. The molecule has 0 amide bonds. The van der Waals surface area contributed by atoms with E-state index >= 15 is 0 Å². The standard InChI is InChI=1S/C42H48N4O4/c1-9-35-27(5)43-29(7)37(41(47)49-11-3)39(35)33-16-20-45(21-17-33)25-31-14-13-15-32(24-31)26-46-22-18-34(19-23-46)40-36(10-2)28(6)44-30(8)38(40)42(48)50-12-4/h13-24H,9-12,25-26H2,1-8H3/q+2. The van der Waals surface area contributed by atoms with Gasteiger partial charge in [0.15, 0.2) is 37.9 Å². The predicted molar refractivity (Wildman–Crippen MR) is 194 cm³/mol. The summed E-state index contributed by atoms with van der Waals surface area (Å²) in [6, 6.07) is 16.9. The molecule has 4 heterocycles. The zero-order chi connectivity index (χ0) is 35.9. The third kappa shape index (κ3) is 7.65. The van der Waals surface area contributed by atoms with Gasteiger partial charge < -0.3 is 9.47 Å². The second kappa shape index (κ2) is 16.0. The Balaban J connectivity index is 1.37. The lowest BCUT2D eigenvalue weighted by Gasteiger charge is -2.17. The molecule has 5 aromatic rings. The smallest absolute Gasteiger partial charge is 0.340 e. The van der Waals surface area contributed by atoms with E-state index in [0.717, 1.165) is 57.6 Å². The van der Waals surface area contributed by atoms with Gasteiger partial charge in [-0.3, -0.25) is 9.97 Å². The van der Waals surface area contributed by atoms with Crippen LogP contribution in [0.1, 0.15) is 93.4 Å². The van der Waals surface area contributed by atoms with Crippen molar-refractivity contribution in [3.63, 3.8) is 0 Å². The minimum absolute atomic E-state index is 0.313. The molecule has 0 spiro atoms. The Morgan fingerprint density at radius 2 is 0.960 bits per heavy atom. The summed E-state index contributed by atoms with van der Waals surface area (Å²) in [4.78, 5) is 35.4. The first-order valence-corrected chi connectivity index (χ1v) is 17.5. The summed E-state index contributed by atoms with van der Waals surface area (Å²) < 4.78 is 15.1. The number of esters is 2. The molecule has 0 fully saturated rings. The second-order valence-corrected chi connectivity index (χ2v) is 12.5. The van der Waals surface area contributed by atoms with Crippen LogP contribution in [-0.2, 0) is 35.4 Å². The van der Waals surface area contributed by atoms with Crippen LogP contribution in [0.2, 0.25) is 0 Å². The molecule has 1 aromatic carbocycles. The van der Waals surface area contributed by atoms with E-state index in [9.17, 15) is 9.59 Å². The topological polar surface area (TPSA) is 86.1 Å². The number of nitrogens with zero attached hydrogens (tertiary/aromatic N) is 4. The molecule has 0 unspecified atom stereocenters. The Morgan fingerprint density at radius 3 is 1.30 bits per heavy atom. The minimum Gasteiger partial charge on any atom is -0.462 e. The van der Waals surface area contributed by atoms with Gasteiger partial charge in [0.05, 0.1) is 35.7 Å². The molecule has 0 atom stereocenters. The van der Waals surface area contributed by atoms with Gasteiger partial charge in [-0.25, -0.2) is 18.7 Å². The molecule has 0 aliphatic heterocycles. The third-order valence-corrected chi connectivity index (χ3v) is 9.12. The van der Waals surface area contributed by atoms with Crippen LogP contribution in [0.3, 0.4) is 0 Å². The highest BCUT2D eigenvalue weighted by Crippen LogP contribution is 2.33. The minimum atomic E-state index is -0.335. The van der Waals surface area contributed by atoms with Crippen molar-refractivity contribution in [2.75, 3.05) is 13.2 Å². The van der Waals surface area contributed by atoms with Crippen LogP contribution in [0, 0.1) is 27.7 Å². The number of hydrogen-bond acceptors (Lipinski definition) is 6. The van der Waals surface area contributed by atoms with E-state index in [4.69, 9.17) is 9.47 Å². The number of pyridine rings is 4. The molecule has 0 bridgehead atoms. The van der Waals surface area contributed by atoms with Crippen molar-refractivity contribution in [1.82, 2.24) is 9.97 Å². The summed E-state index contributed by atoms with van der Waals surface area (Å²) in [7, 11) is 0. The summed E-state index contributed by atoms with van der Waals surface area (Å²) in [5.41, 5.74) is 12.6. The van der Waals surface area contributed by atoms with E-state index < -0.39 is 0 Å². The lowest BCUT2D eigenvalue weighted by Crippen LogP contribution is -2.34. The monoisotopic (exact) mass is 672 g/mol. The van der Waals surface area contributed by atoms with E-state index in [1.807, 2.05) is 41.5 Å². The fourth-order valence-corrected chi connectivity index (χ4v) is 6.89. The maximum Gasteiger partial charge on any atom is 0.340 e. The number of aromatic nitrogens is 4. The molecule has 258 valence electrons. The Kier molecular flexibility index (Phi) is 11.5. The lowest BCUT2D eigenvalue weighted by atomic mass is 9.92. The van der Waals surface area contributed by atoms with Crippen LogP contribution >= 0.6 is 0 Å². The summed E-state index contributed by atoms with van der Waals surface area (Å²) >= 11 is 0. The SMILES string of the molecule is CCOC(=O)c1c(C)nc(C)c(CC)c1-c1cc[n+](Cc2cccc(C[n+]3ccc(-c4c(CC)c(C)nc(C)c4C(=O)OCC)cc3)c2)cc1. The molecule has 50 heavy (non-hydrogen) atoms. The van der Waals surface area contributed by atoms with Gasteiger partial charge in [0.25, 0.3) is 0 Å². The third-order valence-electron chi connectivity index (χ3n) is 9.12. The van der Waals surface area contributed by atoms with Crippen LogP contribution in [0.15, 0.2) is 73.3 Å². The van der Waals surface area contributed by atoms with Gasteiger partial charge in [0, 0.05) is 57.9 Å². The van der Waals surface area contributed by atoms with E-state index in [0.29, 0.717) is 48.8 Å². The first kappa shape index (κ1) is 36.1. The van der Waals surface area contributed by atoms with Crippen LogP contribution in [-0.4, -0.2) is 35.1 Å². The number of carbonyl (C=O) groups excluding carboxylic acids is 2. The van der Waals surface area contributed by atoms with E-state index in [1.54, 1.807) is 0 Å². The molecule has 0 aliphatic rings. The van der Waals surface area contributed by atoms with Gasteiger partial charge in [-0.05, 0) is 82.7 Å². The maximum atomic E-state index is 13.0. The van der Waals surface area contributed by atoms with Crippen molar-refractivity contribution in [3.8, 4) is 22.3 Å². The van der Waals surface area contributed by atoms with Gasteiger partial charge >= 0.3 is 11.9 Å². The summed E-state index contributed by atoms with van der Waals surface area (Å²) in [6.07, 6.45) is 9.78. The predicted octanol–water partition coefficient (Wildman–Crippen LogP) is 7.19. The first-order valence-electron chi connectivity index (χ1n) is 17.5. The first-order chi connectivity index (χ1) is 24.1. The van der Waals surface area contributed by atoms with Gasteiger partial charge in [0.1, 0.15) is 0 Å². The van der Waals surface area contributed by atoms with E-state index in [-0.39, 0.29) is 11.9 Å². The molecule has 8 nitrogen and oxygen atoms in total. The van der Waals surface area contributed by atoms with Crippen molar-refractivity contribution in [2.45, 2.75) is 81.3 Å². The van der Waals surface area contributed by atoms with Gasteiger partial charge in [-0.1, -0.05) is 32.0 Å². The Labute approximate surface area is 295 Å². The quantitative estimate of drug-likeness (QED) is 0.103. The van der Waals surface area contributed by atoms with Crippen LogP contribution in [0.4, 0.5) is 0 Å². The highest BCUT2D eigenvalue weighted by molar-refractivity contribution is 6.00. The molecule has 4 aromatic heterocycles. The maximum absolute atomic E-state index is 13.0. The van der Waals surface area contributed by atoms with Gasteiger partial charge in [0.2, 0.25) is 0 Å². The fraction of sp³-hybridized carbons (Fsp3) is 0.333. The summed E-state index contributed by atoms with van der Waals surface area (Å²) in [5.74, 6) is -0.670. The number of aryl methyl sites for hydroxylation is 4. The number of hydrogen-bond donors (Lipinski definition) is 0. The zero-order valence-corrected chi connectivity index (χ0v) is 30.6. The summed E-state index contributed by atoms with van der Waals surface area (Å²) in [6.45, 7) is 17.6. The van der Waals surface area contributed by atoms with E-state index in [1.165, 1.54) is 11.1 Å². The highest BCUT2D eigenvalue weighted by Gasteiger charge is 2.25. The Morgan fingerprint density at radius 1 is 0.580 bits per heavy atom. The molecule has 5 rings (SSSR count). The van der Waals surface area contributed by atoms with Gasteiger partial charge in [-0.2, -0.15) is 0 Å².